The van der Waals surface area contributed by atoms with Crippen molar-refractivity contribution >= 4 is 11.6 Å². The Morgan fingerprint density at radius 3 is 2.80 bits per heavy atom. The van der Waals surface area contributed by atoms with Crippen LogP contribution in [0.3, 0.4) is 0 Å². The van der Waals surface area contributed by atoms with Crippen molar-refractivity contribution in [3.8, 4) is 0 Å². The highest BCUT2D eigenvalue weighted by Crippen LogP contribution is 2.14. The van der Waals surface area contributed by atoms with E-state index < -0.39 is 0 Å². The number of anilines is 1. The fourth-order valence-electron chi connectivity index (χ4n) is 1.75. The van der Waals surface area contributed by atoms with Crippen LogP contribution in [0, 0.1) is 0 Å². The molecule has 2 heterocycles. The van der Waals surface area contributed by atoms with Gasteiger partial charge in [0.25, 0.3) is 5.91 Å². The zero-order valence-corrected chi connectivity index (χ0v) is 11.9. The SMILES string of the molecule is CC(C)(C)Nc1cncc(C(=O)NCc2ccco2)c1. The molecule has 0 fully saturated rings. The highest BCUT2D eigenvalue weighted by atomic mass is 16.3. The van der Waals surface area contributed by atoms with Crippen LogP contribution >= 0.6 is 0 Å². The molecule has 0 atom stereocenters. The van der Waals surface area contributed by atoms with Crippen LogP contribution < -0.4 is 10.6 Å². The Bertz CT molecular complexity index is 571. The number of furan rings is 1. The van der Waals surface area contributed by atoms with Crippen LogP contribution in [0.4, 0.5) is 5.69 Å². The number of rotatable bonds is 4. The van der Waals surface area contributed by atoms with Gasteiger partial charge >= 0.3 is 0 Å². The van der Waals surface area contributed by atoms with E-state index in [0.717, 1.165) is 11.4 Å². The zero-order valence-electron chi connectivity index (χ0n) is 11.9. The van der Waals surface area contributed by atoms with Crippen LogP contribution in [0.25, 0.3) is 0 Å². The van der Waals surface area contributed by atoms with Gasteiger partial charge in [-0.1, -0.05) is 0 Å². The summed E-state index contributed by atoms with van der Waals surface area (Å²) in [6, 6.07) is 5.39. The first-order valence-electron chi connectivity index (χ1n) is 6.48. The van der Waals surface area contributed by atoms with Crippen molar-refractivity contribution in [3.05, 3.63) is 48.2 Å². The quantitative estimate of drug-likeness (QED) is 0.899. The molecule has 0 aliphatic carbocycles. The van der Waals surface area contributed by atoms with E-state index in [2.05, 4.69) is 36.4 Å². The van der Waals surface area contributed by atoms with E-state index >= 15 is 0 Å². The molecule has 2 aromatic heterocycles. The lowest BCUT2D eigenvalue weighted by molar-refractivity contribution is 0.0947. The Kier molecular flexibility index (Phi) is 4.08. The molecule has 0 spiro atoms. The summed E-state index contributed by atoms with van der Waals surface area (Å²) >= 11 is 0. The first-order valence-corrected chi connectivity index (χ1v) is 6.48. The van der Waals surface area contributed by atoms with E-state index in [1.807, 2.05) is 6.07 Å². The predicted octanol–water partition coefficient (Wildman–Crippen LogP) is 2.82. The topological polar surface area (TPSA) is 67.2 Å². The van der Waals surface area contributed by atoms with E-state index in [0.29, 0.717) is 12.1 Å². The second-order valence-electron chi connectivity index (χ2n) is 5.60. The molecule has 2 aromatic rings. The van der Waals surface area contributed by atoms with Crippen molar-refractivity contribution in [1.82, 2.24) is 10.3 Å². The second kappa shape index (κ2) is 5.77. The number of nitrogens with one attached hydrogen (secondary N) is 2. The smallest absolute Gasteiger partial charge is 0.253 e. The van der Waals surface area contributed by atoms with Gasteiger partial charge in [0.15, 0.2) is 0 Å². The third-order valence-corrected chi connectivity index (χ3v) is 2.52. The van der Waals surface area contributed by atoms with Gasteiger partial charge in [0, 0.05) is 17.9 Å². The van der Waals surface area contributed by atoms with Gasteiger partial charge in [-0.2, -0.15) is 0 Å². The van der Waals surface area contributed by atoms with Gasteiger partial charge in [-0.15, -0.1) is 0 Å². The van der Waals surface area contributed by atoms with Gasteiger partial charge in [0.2, 0.25) is 0 Å². The molecule has 0 unspecified atom stereocenters. The fourth-order valence-corrected chi connectivity index (χ4v) is 1.75. The number of aromatic nitrogens is 1. The number of pyridine rings is 1. The van der Waals surface area contributed by atoms with E-state index in [4.69, 9.17) is 4.42 Å². The molecule has 0 saturated carbocycles. The summed E-state index contributed by atoms with van der Waals surface area (Å²) in [7, 11) is 0. The summed E-state index contributed by atoms with van der Waals surface area (Å²) in [5, 5.41) is 6.08. The number of amides is 1. The number of hydrogen-bond acceptors (Lipinski definition) is 4. The maximum atomic E-state index is 12.0. The van der Waals surface area contributed by atoms with Crippen LogP contribution in [0.2, 0.25) is 0 Å². The maximum Gasteiger partial charge on any atom is 0.253 e. The van der Waals surface area contributed by atoms with Crippen molar-refractivity contribution in [1.29, 1.82) is 0 Å². The van der Waals surface area contributed by atoms with Crippen LogP contribution in [-0.2, 0) is 6.54 Å². The Morgan fingerprint density at radius 1 is 1.35 bits per heavy atom. The summed E-state index contributed by atoms with van der Waals surface area (Å²) < 4.78 is 5.17. The molecule has 1 amide bonds. The zero-order chi connectivity index (χ0) is 14.6. The Labute approximate surface area is 118 Å². The van der Waals surface area contributed by atoms with E-state index in [1.165, 1.54) is 0 Å². The van der Waals surface area contributed by atoms with Crippen molar-refractivity contribution in [2.75, 3.05) is 5.32 Å². The van der Waals surface area contributed by atoms with Crippen LogP contribution in [0.1, 0.15) is 36.9 Å². The molecule has 5 nitrogen and oxygen atoms in total. The Balaban J connectivity index is 2.01. The van der Waals surface area contributed by atoms with Crippen LogP contribution in [0.15, 0.2) is 41.3 Å². The van der Waals surface area contributed by atoms with Crippen molar-refractivity contribution < 1.29 is 9.21 Å². The lowest BCUT2D eigenvalue weighted by atomic mass is 10.1. The van der Waals surface area contributed by atoms with Gasteiger partial charge < -0.3 is 15.1 Å². The standard InChI is InChI=1S/C15H19N3O2/c1-15(2,3)18-12-7-11(8-16-9-12)14(19)17-10-13-5-4-6-20-13/h4-9,18H,10H2,1-3H3,(H,17,19). The van der Waals surface area contributed by atoms with Gasteiger partial charge in [-0.3, -0.25) is 9.78 Å². The number of carbonyl (C=O) groups excluding carboxylic acids is 1. The van der Waals surface area contributed by atoms with Crippen molar-refractivity contribution in [2.24, 2.45) is 0 Å². The minimum Gasteiger partial charge on any atom is -0.467 e. The molecular formula is C15H19N3O2. The predicted molar refractivity (Wildman–Crippen MR) is 77.5 cm³/mol. The molecule has 0 radical (unpaired) electrons. The third-order valence-electron chi connectivity index (χ3n) is 2.52. The monoisotopic (exact) mass is 273 g/mol. The largest absolute Gasteiger partial charge is 0.467 e. The van der Waals surface area contributed by atoms with E-state index in [-0.39, 0.29) is 11.4 Å². The molecule has 2 N–H and O–H groups in total. The number of nitrogens with zero attached hydrogens (tertiary/aromatic N) is 1. The molecule has 0 aliphatic rings. The minimum atomic E-state index is -0.175. The Morgan fingerprint density at radius 2 is 2.15 bits per heavy atom. The highest BCUT2D eigenvalue weighted by Gasteiger charge is 2.12. The van der Waals surface area contributed by atoms with E-state index in [9.17, 15) is 4.79 Å². The first kappa shape index (κ1) is 14.1. The summed E-state index contributed by atoms with van der Waals surface area (Å²) in [5.74, 6) is 0.543. The lowest BCUT2D eigenvalue weighted by Gasteiger charge is -2.22. The van der Waals surface area contributed by atoms with E-state index in [1.54, 1.807) is 30.8 Å². The fraction of sp³-hybridized carbons (Fsp3) is 0.333. The molecule has 2 rings (SSSR count). The molecule has 20 heavy (non-hydrogen) atoms. The van der Waals surface area contributed by atoms with Gasteiger partial charge in [0.05, 0.1) is 24.1 Å². The maximum absolute atomic E-state index is 12.0. The number of hydrogen-bond donors (Lipinski definition) is 2. The lowest BCUT2D eigenvalue weighted by Crippen LogP contribution is -2.27. The molecule has 106 valence electrons. The Hall–Kier alpha value is -2.30. The van der Waals surface area contributed by atoms with Gasteiger partial charge in [-0.05, 0) is 39.0 Å². The first-order chi connectivity index (χ1) is 9.44. The highest BCUT2D eigenvalue weighted by molar-refractivity contribution is 5.94. The second-order valence-corrected chi connectivity index (χ2v) is 5.60. The molecule has 0 saturated heterocycles. The molecule has 5 heteroatoms. The summed E-state index contributed by atoms with van der Waals surface area (Å²) in [5.41, 5.74) is 1.26. The summed E-state index contributed by atoms with van der Waals surface area (Å²) in [6.45, 7) is 6.52. The van der Waals surface area contributed by atoms with Crippen LogP contribution in [-0.4, -0.2) is 16.4 Å². The average molecular weight is 273 g/mol. The van der Waals surface area contributed by atoms with Crippen molar-refractivity contribution in [3.63, 3.8) is 0 Å². The minimum absolute atomic E-state index is 0.0784. The average Bonchev–Trinajstić information content (AvgIpc) is 2.87. The van der Waals surface area contributed by atoms with Crippen molar-refractivity contribution in [2.45, 2.75) is 32.9 Å². The molecule has 0 bridgehead atoms. The summed E-state index contributed by atoms with van der Waals surface area (Å²) in [4.78, 5) is 16.1. The van der Waals surface area contributed by atoms with Gasteiger partial charge in [-0.25, -0.2) is 0 Å². The van der Waals surface area contributed by atoms with Gasteiger partial charge in [0.1, 0.15) is 5.76 Å². The molecular weight excluding hydrogens is 254 g/mol. The third kappa shape index (κ3) is 4.12. The molecule has 0 aromatic carbocycles. The normalized spacial score (nSPS) is 11.2. The summed E-state index contributed by atoms with van der Waals surface area (Å²) in [6.07, 6.45) is 4.83. The molecule has 0 aliphatic heterocycles. The van der Waals surface area contributed by atoms with Crippen LogP contribution in [0.5, 0.6) is 0 Å². The number of carbonyl (C=O) groups is 1.